The summed E-state index contributed by atoms with van der Waals surface area (Å²) < 4.78 is 13.1. The van der Waals surface area contributed by atoms with Gasteiger partial charge in [0.05, 0.1) is 25.1 Å². The second-order valence-corrected chi connectivity index (χ2v) is 7.58. The fourth-order valence-corrected chi connectivity index (χ4v) is 3.65. The summed E-state index contributed by atoms with van der Waals surface area (Å²) >= 11 is 0. The van der Waals surface area contributed by atoms with Gasteiger partial charge >= 0.3 is 0 Å². The number of anilines is 1. The average molecular weight is 391 g/mol. The minimum absolute atomic E-state index is 0.0298. The third kappa shape index (κ3) is 3.70. The van der Waals surface area contributed by atoms with E-state index in [1.165, 1.54) is 5.56 Å². The highest BCUT2D eigenvalue weighted by atomic mass is 16.5. The van der Waals surface area contributed by atoms with Gasteiger partial charge in [-0.05, 0) is 50.6 Å². The Morgan fingerprint density at radius 1 is 1.14 bits per heavy atom. The van der Waals surface area contributed by atoms with E-state index in [1.807, 2.05) is 69.4 Å². The molecule has 150 valence electrons. The van der Waals surface area contributed by atoms with E-state index in [1.54, 1.807) is 11.8 Å². The lowest BCUT2D eigenvalue weighted by atomic mass is 9.87. The van der Waals surface area contributed by atoms with E-state index in [2.05, 4.69) is 10.4 Å². The summed E-state index contributed by atoms with van der Waals surface area (Å²) in [6, 6.07) is 13.9. The first-order valence-corrected chi connectivity index (χ1v) is 9.75. The van der Waals surface area contributed by atoms with Gasteiger partial charge in [0, 0.05) is 17.9 Å². The smallest absolute Gasteiger partial charge is 0.226 e. The fourth-order valence-electron chi connectivity index (χ4n) is 3.65. The summed E-state index contributed by atoms with van der Waals surface area (Å²) in [6.07, 6.45) is 2.25. The van der Waals surface area contributed by atoms with Crippen molar-refractivity contribution in [1.82, 2.24) is 9.78 Å². The van der Waals surface area contributed by atoms with Crippen LogP contribution in [0.25, 0.3) is 5.69 Å². The van der Waals surface area contributed by atoms with Crippen molar-refractivity contribution < 1.29 is 14.3 Å². The lowest BCUT2D eigenvalue weighted by molar-refractivity contribution is -0.116. The Labute approximate surface area is 170 Å². The largest absolute Gasteiger partial charge is 0.493 e. The Morgan fingerprint density at radius 3 is 2.59 bits per heavy atom. The molecular formula is C23H25N3O3. The number of amides is 1. The maximum atomic E-state index is 12.5. The number of aromatic nitrogens is 2. The minimum atomic E-state index is -0.0973. The maximum Gasteiger partial charge on any atom is 0.226 e. The molecule has 0 unspecified atom stereocenters. The van der Waals surface area contributed by atoms with Crippen LogP contribution >= 0.6 is 0 Å². The van der Waals surface area contributed by atoms with Gasteiger partial charge in [-0.15, -0.1) is 0 Å². The number of benzene rings is 2. The summed E-state index contributed by atoms with van der Waals surface area (Å²) in [7, 11) is 1.63. The first-order chi connectivity index (χ1) is 14.0. The van der Waals surface area contributed by atoms with Crippen molar-refractivity contribution in [2.75, 3.05) is 12.4 Å². The zero-order valence-electron chi connectivity index (χ0n) is 17.1. The van der Waals surface area contributed by atoms with Crippen molar-refractivity contribution in [2.45, 2.75) is 39.2 Å². The van der Waals surface area contributed by atoms with Crippen LogP contribution in [-0.2, 0) is 4.79 Å². The summed E-state index contributed by atoms with van der Waals surface area (Å²) in [6.45, 7) is 6.00. The fraction of sp³-hybridized carbons (Fsp3) is 0.304. The molecule has 6 nitrogen and oxygen atoms in total. The monoisotopic (exact) mass is 391 g/mol. The normalized spacial score (nSPS) is 15.8. The van der Waals surface area contributed by atoms with Gasteiger partial charge in [0.1, 0.15) is 5.82 Å². The summed E-state index contributed by atoms with van der Waals surface area (Å²) in [5.41, 5.74) is 4.07. The van der Waals surface area contributed by atoms with Gasteiger partial charge in [-0.25, -0.2) is 4.68 Å². The predicted octanol–water partition coefficient (Wildman–Crippen LogP) is 4.45. The lowest BCUT2D eigenvalue weighted by Gasteiger charge is -2.24. The number of aryl methyl sites for hydroxylation is 1. The van der Waals surface area contributed by atoms with Crippen molar-refractivity contribution in [1.29, 1.82) is 0 Å². The zero-order chi connectivity index (χ0) is 20.5. The molecule has 1 amide bonds. The third-order valence-corrected chi connectivity index (χ3v) is 5.05. The van der Waals surface area contributed by atoms with Crippen LogP contribution in [-0.4, -0.2) is 28.9 Å². The SMILES string of the molecule is COc1cc([C@H]2CC(=O)Nc3c2cnn3-c2ccc(C)cc2)ccc1OC(C)C. The number of carbonyl (C=O) groups excluding carboxylic acids is 1. The number of nitrogens with zero attached hydrogens (tertiary/aromatic N) is 2. The number of hydrogen-bond acceptors (Lipinski definition) is 4. The predicted molar refractivity (Wildman–Crippen MR) is 112 cm³/mol. The Hall–Kier alpha value is -3.28. The van der Waals surface area contributed by atoms with E-state index in [0.29, 0.717) is 17.9 Å². The Kier molecular flexibility index (Phi) is 5.01. The summed E-state index contributed by atoms with van der Waals surface area (Å²) in [4.78, 5) is 12.5. The quantitative estimate of drug-likeness (QED) is 0.698. The molecule has 0 aliphatic carbocycles. The van der Waals surface area contributed by atoms with Crippen LogP contribution in [0.2, 0.25) is 0 Å². The molecule has 0 radical (unpaired) electrons. The van der Waals surface area contributed by atoms with Crippen molar-refractivity contribution in [3.05, 3.63) is 65.4 Å². The van der Waals surface area contributed by atoms with Crippen LogP contribution in [0.5, 0.6) is 11.5 Å². The third-order valence-electron chi connectivity index (χ3n) is 5.05. The van der Waals surface area contributed by atoms with Gasteiger partial charge in [-0.1, -0.05) is 23.8 Å². The number of carbonyl (C=O) groups is 1. The first kappa shape index (κ1) is 19.1. The van der Waals surface area contributed by atoms with Gasteiger partial charge in [0.25, 0.3) is 0 Å². The zero-order valence-corrected chi connectivity index (χ0v) is 17.1. The van der Waals surface area contributed by atoms with Crippen molar-refractivity contribution in [3.63, 3.8) is 0 Å². The van der Waals surface area contributed by atoms with Crippen molar-refractivity contribution in [2.24, 2.45) is 0 Å². The van der Waals surface area contributed by atoms with Gasteiger partial charge < -0.3 is 14.8 Å². The Bertz CT molecular complexity index is 1040. The maximum absolute atomic E-state index is 12.5. The van der Waals surface area contributed by atoms with Crippen LogP contribution in [0.15, 0.2) is 48.7 Å². The minimum Gasteiger partial charge on any atom is -0.493 e. The molecular weight excluding hydrogens is 366 g/mol. The molecule has 1 aliphatic heterocycles. The molecule has 0 bridgehead atoms. The van der Waals surface area contributed by atoms with Crippen LogP contribution in [0, 0.1) is 6.92 Å². The Morgan fingerprint density at radius 2 is 1.90 bits per heavy atom. The van der Waals surface area contributed by atoms with E-state index in [4.69, 9.17) is 9.47 Å². The van der Waals surface area contributed by atoms with Crippen LogP contribution in [0.3, 0.4) is 0 Å². The summed E-state index contributed by atoms with van der Waals surface area (Å²) in [5, 5.41) is 7.55. The van der Waals surface area contributed by atoms with Crippen LogP contribution in [0.1, 0.15) is 42.9 Å². The van der Waals surface area contributed by atoms with Crippen LogP contribution < -0.4 is 14.8 Å². The molecule has 0 spiro atoms. The molecule has 2 heterocycles. The van der Waals surface area contributed by atoms with Crippen molar-refractivity contribution >= 4 is 11.7 Å². The van der Waals surface area contributed by atoms with Gasteiger partial charge in [0.2, 0.25) is 5.91 Å². The molecule has 1 atom stereocenters. The average Bonchev–Trinajstić information content (AvgIpc) is 3.11. The molecule has 3 aromatic rings. The highest BCUT2D eigenvalue weighted by Gasteiger charge is 2.31. The molecule has 0 fully saturated rings. The number of fused-ring (bicyclic) bond motifs is 1. The lowest BCUT2D eigenvalue weighted by Crippen LogP contribution is -2.24. The number of ether oxygens (including phenoxy) is 2. The van der Waals surface area contributed by atoms with Gasteiger partial charge in [0.15, 0.2) is 11.5 Å². The number of methoxy groups -OCH3 is 1. The van der Waals surface area contributed by atoms with E-state index in [9.17, 15) is 4.79 Å². The highest BCUT2D eigenvalue weighted by molar-refractivity contribution is 5.94. The highest BCUT2D eigenvalue weighted by Crippen LogP contribution is 2.41. The molecule has 0 saturated carbocycles. The van der Waals surface area contributed by atoms with Gasteiger partial charge in [-0.3, -0.25) is 4.79 Å². The second-order valence-electron chi connectivity index (χ2n) is 7.58. The number of nitrogens with one attached hydrogen (secondary N) is 1. The molecule has 6 heteroatoms. The first-order valence-electron chi connectivity index (χ1n) is 9.75. The van der Waals surface area contributed by atoms with Gasteiger partial charge in [-0.2, -0.15) is 5.10 Å². The van der Waals surface area contributed by atoms with E-state index < -0.39 is 0 Å². The molecule has 2 aromatic carbocycles. The molecule has 29 heavy (non-hydrogen) atoms. The molecule has 1 N–H and O–H groups in total. The Balaban J connectivity index is 1.74. The molecule has 4 rings (SSSR count). The van der Waals surface area contributed by atoms with E-state index in [0.717, 1.165) is 22.6 Å². The summed E-state index contributed by atoms with van der Waals surface area (Å²) in [5.74, 6) is 1.95. The second kappa shape index (κ2) is 7.62. The van der Waals surface area contributed by atoms with Crippen molar-refractivity contribution in [3.8, 4) is 17.2 Å². The topological polar surface area (TPSA) is 65.4 Å². The number of rotatable bonds is 5. The van der Waals surface area contributed by atoms with E-state index in [-0.39, 0.29) is 17.9 Å². The van der Waals surface area contributed by atoms with Crippen LogP contribution in [0.4, 0.5) is 5.82 Å². The molecule has 1 aromatic heterocycles. The molecule has 0 saturated heterocycles. The van der Waals surface area contributed by atoms with E-state index >= 15 is 0 Å². The standard InChI is InChI=1S/C23H25N3O3/c1-14(2)29-20-10-7-16(11-21(20)28-4)18-12-22(27)25-23-19(18)13-24-26(23)17-8-5-15(3)6-9-17/h5-11,13-14,18H,12H2,1-4H3,(H,25,27)/t18-/m1/s1. The number of hydrogen-bond donors (Lipinski definition) is 1. The molecule has 1 aliphatic rings.